The average Bonchev–Trinajstić information content (AvgIpc) is 2.66. The second-order valence-corrected chi connectivity index (χ2v) is 7.96. The first-order chi connectivity index (χ1) is 9.86. The van der Waals surface area contributed by atoms with Crippen molar-refractivity contribution in [3.05, 3.63) is 28.0 Å². The summed E-state index contributed by atoms with van der Waals surface area (Å²) < 4.78 is 41.6. The molecule has 21 heavy (non-hydrogen) atoms. The molecule has 0 aliphatic carbocycles. The summed E-state index contributed by atoms with van der Waals surface area (Å²) >= 11 is 3.22. The third kappa shape index (κ3) is 3.62. The second kappa shape index (κ2) is 6.70. The van der Waals surface area contributed by atoms with E-state index in [2.05, 4.69) is 20.8 Å². The predicted octanol–water partition coefficient (Wildman–Crippen LogP) is 1.37. The molecule has 0 atom stereocenters. The van der Waals surface area contributed by atoms with Crippen molar-refractivity contribution in [2.75, 3.05) is 33.2 Å². The van der Waals surface area contributed by atoms with E-state index in [9.17, 15) is 12.8 Å². The third-order valence-corrected chi connectivity index (χ3v) is 5.95. The third-order valence-electron chi connectivity index (χ3n) is 3.60. The van der Waals surface area contributed by atoms with Gasteiger partial charge in [0.1, 0.15) is 10.7 Å². The molecule has 1 saturated heterocycles. The highest BCUT2D eigenvalue weighted by molar-refractivity contribution is 9.10. The Bertz CT molecular complexity index is 624. The van der Waals surface area contributed by atoms with Crippen LogP contribution in [0.25, 0.3) is 0 Å². The molecule has 1 fully saturated rings. The summed E-state index contributed by atoms with van der Waals surface area (Å²) in [6, 6.07) is 2.81. The molecular formula is C13H19BrFN3O2S. The second-order valence-electron chi connectivity index (χ2n) is 5.14. The number of halogens is 2. The monoisotopic (exact) mass is 379 g/mol. The smallest absolute Gasteiger partial charge is 0.246 e. The van der Waals surface area contributed by atoms with Crippen molar-refractivity contribution >= 4 is 26.0 Å². The van der Waals surface area contributed by atoms with Crippen LogP contribution in [0, 0.1) is 5.82 Å². The van der Waals surface area contributed by atoms with Crippen molar-refractivity contribution in [1.82, 2.24) is 9.21 Å². The number of rotatable bonds is 3. The van der Waals surface area contributed by atoms with Gasteiger partial charge < -0.3 is 10.6 Å². The number of hydrogen-bond donors (Lipinski definition) is 1. The largest absolute Gasteiger partial charge is 0.326 e. The van der Waals surface area contributed by atoms with Gasteiger partial charge in [0, 0.05) is 36.2 Å². The van der Waals surface area contributed by atoms with Gasteiger partial charge in [-0.05, 0) is 32.1 Å². The summed E-state index contributed by atoms with van der Waals surface area (Å²) in [6.07, 6.45) is 0.731. The Morgan fingerprint density at radius 2 is 2.00 bits per heavy atom. The minimum Gasteiger partial charge on any atom is -0.326 e. The quantitative estimate of drug-likeness (QED) is 0.861. The van der Waals surface area contributed by atoms with Crippen molar-refractivity contribution < 1.29 is 12.8 Å². The molecule has 0 saturated carbocycles. The van der Waals surface area contributed by atoms with Crippen LogP contribution in [0.15, 0.2) is 21.5 Å². The van der Waals surface area contributed by atoms with Gasteiger partial charge in [-0.2, -0.15) is 4.31 Å². The highest BCUT2D eigenvalue weighted by Crippen LogP contribution is 2.27. The topological polar surface area (TPSA) is 66.6 Å². The summed E-state index contributed by atoms with van der Waals surface area (Å²) in [5.74, 6) is -0.752. The highest BCUT2D eigenvalue weighted by atomic mass is 79.9. The van der Waals surface area contributed by atoms with Gasteiger partial charge in [0.2, 0.25) is 10.0 Å². The van der Waals surface area contributed by atoms with E-state index >= 15 is 0 Å². The molecule has 0 amide bonds. The van der Waals surface area contributed by atoms with Crippen molar-refractivity contribution in [2.45, 2.75) is 17.9 Å². The number of nitrogens with zero attached hydrogens (tertiary/aromatic N) is 2. The summed E-state index contributed by atoms with van der Waals surface area (Å²) in [5.41, 5.74) is 5.67. The normalized spacial score (nSPS) is 18.7. The molecule has 1 aromatic carbocycles. The molecule has 8 heteroatoms. The van der Waals surface area contributed by atoms with Crippen LogP contribution in [0.4, 0.5) is 4.39 Å². The number of nitrogens with two attached hydrogens (primary N) is 1. The molecule has 0 spiro atoms. The average molecular weight is 380 g/mol. The minimum absolute atomic E-state index is 0.0451. The van der Waals surface area contributed by atoms with Crippen molar-refractivity contribution in [3.8, 4) is 0 Å². The van der Waals surface area contributed by atoms with Gasteiger partial charge in [-0.1, -0.05) is 15.9 Å². The Labute approximate surface area is 133 Å². The van der Waals surface area contributed by atoms with Gasteiger partial charge >= 0.3 is 0 Å². The summed E-state index contributed by atoms with van der Waals surface area (Å²) in [4.78, 5) is 1.76. The first-order valence-corrected chi connectivity index (χ1v) is 8.96. The molecule has 1 heterocycles. The van der Waals surface area contributed by atoms with Gasteiger partial charge in [0.05, 0.1) is 0 Å². The van der Waals surface area contributed by atoms with Gasteiger partial charge in [0.15, 0.2) is 0 Å². The molecule has 0 radical (unpaired) electrons. The Balaban J connectivity index is 2.42. The van der Waals surface area contributed by atoms with E-state index in [4.69, 9.17) is 5.73 Å². The lowest BCUT2D eigenvalue weighted by Crippen LogP contribution is -2.35. The minimum atomic E-state index is -3.85. The number of likely N-dealkylation sites (N-methyl/N-ethyl adjacent to an activating group) is 1. The van der Waals surface area contributed by atoms with Gasteiger partial charge in [-0.3, -0.25) is 0 Å². The van der Waals surface area contributed by atoms with Crippen LogP contribution in [0.5, 0.6) is 0 Å². The lowest BCUT2D eigenvalue weighted by molar-refractivity contribution is 0.347. The molecule has 118 valence electrons. The van der Waals surface area contributed by atoms with Crippen LogP contribution in [0.3, 0.4) is 0 Å². The molecule has 2 rings (SSSR count). The van der Waals surface area contributed by atoms with E-state index in [0.717, 1.165) is 13.0 Å². The van der Waals surface area contributed by atoms with E-state index in [-0.39, 0.29) is 17.0 Å². The zero-order chi connectivity index (χ0) is 15.6. The molecule has 0 aromatic heterocycles. The van der Waals surface area contributed by atoms with E-state index in [1.807, 2.05) is 7.05 Å². The summed E-state index contributed by atoms with van der Waals surface area (Å²) in [5, 5.41) is 0. The standard InChI is InChI=1S/C13H19BrFN3O2S/c1-17-3-2-4-18(6-5-17)21(19,20)12-8-11(14)7-10(9-16)13(12)15/h7-8H,2-6,9,16H2,1H3. The van der Waals surface area contributed by atoms with Crippen molar-refractivity contribution in [3.63, 3.8) is 0 Å². The van der Waals surface area contributed by atoms with Crippen LogP contribution < -0.4 is 5.73 Å². The lowest BCUT2D eigenvalue weighted by Gasteiger charge is -2.21. The SMILES string of the molecule is CN1CCCN(S(=O)(=O)c2cc(Br)cc(CN)c2F)CC1. The van der Waals surface area contributed by atoms with E-state index in [1.54, 1.807) is 0 Å². The Hall–Kier alpha value is -0.540. The van der Waals surface area contributed by atoms with Gasteiger partial charge in [-0.15, -0.1) is 0 Å². The Kier molecular flexibility index (Phi) is 5.37. The molecule has 0 bridgehead atoms. The lowest BCUT2D eigenvalue weighted by atomic mass is 10.2. The summed E-state index contributed by atoms with van der Waals surface area (Å²) in [7, 11) is -1.90. The van der Waals surface area contributed by atoms with E-state index in [0.29, 0.717) is 24.1 Å². The molecule has 0 unspecified atom stereocenters. The maximum Gasteiger partial charge on any atom is 0.246 e. The van der Waals surface area contributed by atoms with E-state index < -0.39 is 15.8 Å². The molecule has 1 aromatic rings. The fourth-order valence-corrected chi connectivity index (χ4v) is 4.62. The van der Waals surface area contributed by atoms with Gasteiger partial charge in [-0.25, -0.2) is 12.8 Å². The first-order valence-electron chi connectivity index (χ1n) is 6.73. The first kappa shape index (κ1) is 16.8. The van der Waals surface area contributed by atoms with Crippen LogP contribution in [0.2, 0.25) is 0 Å². The molecule has 5 nitrogen and oxygen atoms in total. The molecule has 1 aliphatic heterocycles. The van der Waals surface area contributed by atoms with Crippen LogP contribution in [-0.4, -0.2) is 50.8 Å². The number of sulfonamides is 1. The maximum atomic E-state index is 14.4. The molecular weight excluding hydrogens is 361 g/mol. The van der Waals surface area contributed by atoms with Gasteiger partial charge in [0.25, 0.3) is 0 Å². The Morgan fingerprint density at radius 3 is 2.67 bits per heavy atom. The van der Waals surface area contributed by atoms with Crippen LogP contribution in [0.1, 0.15) is 12.0 Å². The Morgan fingerprint density at radius 1 is 1.29 bits per heavy atom. The molecule has 1 aliphatic rings. The fourth-order valence-electron chi connectivity index (χ4n) is 2.36. The number of benzene rings is 1. The highest BCUT2D eigenvalue weighted by Gasteiger charge is 2.30. The van der Waals surface area contributed by atoms with Crippen molar-refractivity contribution in [1.29, 1.82) is 0 Å². The fraction of sp³-hybridized carbons (Fsp3) is 0.538. The van der Waals surface area contributed by atoms with Crippen molar-refractivity contribution in [2.24, 2.45) is 5.73 Å². The maximum absolute atomic E-state index is 14.4. The summed E-state index contributed by atoms with van der Waals surface area (Å²) in [6.45, 7) is 2.19. The predicted molar refractivity (Wildman–Crippen MR) is 82.9 cm³/mol. The van der Waals surface area contributed by atoms with Crippen LogP contribution >= 0.6 is 15.9 Å². The zero-order valence-corrected chi connectivity index (χ0v) is 14.3. The van der Waals surface area contributed by atoms with E-state index in [1.165, 1.54) is 16.4 Å². The molecule has 2 N–H and O–H groups in total. The zero-order valence-electron chi connectivity index (χ0n) is 11.8. The number of hydrogen-bond acceptors (Lipinski definition) is 4. The van der Waals surface area contributed by atoms with Crippen LogP contribution in [-0.2, 0) is 16.6 Å².